The maximum Gasteiger partial charge on any atom is 0.328 e. The van der Waals surface area contributed by atoms with Gasteiger partial charge in [-0.25, -0.2) is 9.52 Å². The molecule has 0 radical (unpaired) electrons. The van der Waals surface area contributed by atoms with Crippen LogP contribution in [-0.2, 0) is 9.53 Å². The zero-order valence-corrected chi connectivity index (χ0v) is 15.0. The SMILES string of the molecule is O=C(OC1CCCC1)C(NSc1ccc([N+](=O)[O-])cc1)c1ccccc1. The number of ether oxygens (including phenoxy) is 1. The Kier molecular flexibility index (Phi) is 6.25. The molecule has 0 aromatic heterocycles. The van der Waals surface area contributed by atoms with Crippen molar-refractivity contribution >= 4 is 23.6 Å². The number of hydrogen-bond donors (Lipinski definition) is 1. The van der Waals surface area contributed by atoms with E-state index in [2.05, 4.69) is 4.72 Å². The van der Waals surface area contributed by atoms with Crippen LogP contribution in [0.15, 0.2) is 59.5 Å². The number of esters is 1. The summed E-state index contributed by atoms with van der Waals surface area (Å²) in [7, 11) is 0. The third-order valence-electron chi connectivity index (χ3n) is 4.30. The fourth-order valence-corrected chi connectivity index (χ4v) is 3.66. The molecule has 0 aliphatic heterocycles. The summed E-state index contributed by atoms with van der Waals surface area (Å²) in [6.45, 7) is 0. The van der Waals surface area contributed by atoms with Crippen LogP contribution in [0, 0.1) is 10.1 Å². The van der Waals surface area contributed by atoms with Gasteiger partial charge in [0.2, 0.25) is 0 Å². The maximum absolute atomic E-state index is 12.7. The molecule has 1 aliphatic rings. The van der Waals surface area contributed by atoms with E-state index in [9.17, 15) is 14.9 Å². The third kappa shape index (κ3) is 4.83. The number of carbonyl (C=O) groups excluding carboxylic acids is 1. The van der Waals surface area contributed by atoms with Gasteiger partial charge in [0, 0.05) is 17.0 Å². The average molecular weight is 372 g/mol. The topological polar surface area (TPSA) is 81.5 Å². The summed E-state index contributed by atoms with van der Waals surface area (Å²) in [5.41, 5.74) is 0.861. The van der Waals surface area contributed by atoms with Crippen LogP contribution in [0.3, 0.4) is 0 Å². The lowest BCUT2D eigenvalue weighted by Crippen LogP contribution is -2.28. The van der Waals surface area contributed by atoms with Crippen LogP contribution < -0.4 is 4.72 Å². The minimum absolute atomic E-state index is 0.000105. The van der Waals surface area contributed by atoms with Crippen LogP contribution in [0.1, 0.15) is 37.3 Å². The Morgan fingerprint density at radius 2 is 1.77 bits per heavy atom. The molecule has 0 bridgehead atoms. The van der Waals surface area contributed by atoms with Gasteiger partial charge in [0.25, 0.3) is 5.69 Å². The van der Waals surface area contributed by atoms with Gasteiger partial charge in [-0.3, -0.25) is 10.1 Å². The second-order valence-corrected chi connectivity index (χ2v) is 7.07. The first kappa shape index (κ1) is 18.4. The molecule has 0 spiro atoms. The lowest BCUT2D eigenvalue weighted by Gasteiger charge is -2.20. The summed E-state index contributed by atoms with van der Waals surface area (Å²) < 4.78 is 8.81. The van der Waals surface area contributed by atoms with E-state index in [-0.39, 0.29) is 17.8 Å². The fraction of sp³-hybridized carbons (Fsp3) is 0.316. The van der Waals surface area contributed by atoms with Crippen LogP contribution >= 0.6 is 11.9 Å². The third-order valence-corrected chi connectivity index (χ3v) is 5.16. The molecule has 1 aliphatic carbocycles. The number of nitro groups is 1. The summed E-state index contributed by atoms with van der Waals surface area (Å²) in [6.07, 6.45) is 4.03. The predicted molar refractivity (Wildman–Crippen MR) is 99.6 cm³/mol. The van der Waals surface area contributed by atoms with Crippen molar-refractivity contribution in [1.82, 2.24) is 4.72 Å². The summed E-state index contributed by atoms with van der Waals surface area (Å²) in [4.78, 5) is 23.8. The molecule has 0 heterocycles. The summed E-state index contributed by atoms with van der Waals surface area (Å²) >= 11 is 1.26. The van der Waals surface area contributed by atoms with Crippen LogP contribution in [-0.4, -0.2) is 17.0 Å². The molecule has 0 saturated heterocycles. The van der Waals surface area contributed by atoms with E-state index in [1.54, 1.807) is 12.1 Å². The second kappa shape index (κ2) is 8.82. The van der Waals surface area contributed by atoms with Crippen molar-refractivity contribution in [1.29, 1.82) is 0 Å². The van der Waals surface area contributed by atoms with Gasteiger partial charge in [0.05, 0.1) is 4.92 Å². The Morgan fingerprint density at radius 1 is 1.12 bits per heavy atom. The maximum atomic E-state index is 12.7. The Bertz CT molecular complexity index is 746. The fourth-order valence-electron chi connectivity index (χ4n) is 2.90. The molecule has 3 rings (SSSR count). The highest BCUT2D eigenvalue weighted by Gasteiger charge is 2.27. The van der Waals surface area contributed by atoms with Gasteiger partial charge in [0.15, 0.2) is 0 Å². The largest absolute Gasteiger partial charge is 0.461 e. The first-order chi connectivity index (χ1) is 12.6. The van der Waals surface area contributed by atoms with Crippen molar-refractivity contribution in [3.8, 4) is 0 Å². The first-order valence-corrected chi connectivity index (χ1v) is 9.37. The predicted octanol–water partition coefficient (Wildman–Crippen LogP) is 4.42. The van der Waals surface area contributed by atoms with E-state index < -0.39 is 11.0 Å². The summed E-state index contributed by atoms with van der Waals surface area (Å²) in [5, 5.41) is 10.7. The molecule has 2 aromatic rings. The molecule has 136 valence electrons. The van der Waals surface area contributed by atoms with Crippen LogP contribution in [0.5, 0.6) is 0 Å². The lowest BCUT2D eigenvalue weighted by atomic mass is 10.1. The van der Waals surface area contributed by atoms with Crippen molar-refractivity contribution in [2.75, 3.05) is 0 Å². The van der Waals surface area contributed by atoms with Gasteiger partial charge in [-0.05, 0) is 55.3 Å². The molecule has 1 atom stereocenters. The van der Waals surface area contributed by atoms with E-state index in [0.29, 0.717) is 0 Å². The van der Waals surface area contributed by atoms with Crippen molar-refractivity contribution in [2.45, 2.75) is 42.7 Å². The average Bonchev–Trinajstić information content (AvgIpc) is 3.16. The molecular weight excluding hydrogens is 352 g/mol. The minimum Gasteiger partial charge on any atom is -0.461 e. The van der Waals surface area contributed by atoms with E-state index in [0.717, 1.165) is 36.1 Å². The molecule has 7 heteroatoms. The monoisotopic (exact) mass is 372 g/mol. The second-order valence-electron chi connectivity index (χ2n) is 6.16. The normalized spacial score (nSPS) is 15.5. The number of nitrogens with one attached hydrogen (secondary N) is 1. The van der Waals surface area contributed by atoms with Gasteiger partial charge in [-0.15, -0.1) is 0 Å². The Labute approximate surface area is 156 Å². The molecule has 0 amide bonds. The van der Waals surface area contributed by atoms with Crippen molar-refractivity contribution in [2.24, 2.45) is 0 Å². The number of nitrogens with zero attached hydrogens (tertiary/aromatic N) is 1. The van der Waals surface area contributed by atoms with Crippen molar-refractivity contribution in [3.05, 3.63) is 70.3 Å². The van der Waals surface area contributed by atoms with E-state index >= 15 is 0 Å². The van der Waals surface area contributed by atoms with Crippen LogP contribution in [0.2, 0.25) is 0 Å². The molecule has 1 saturated carbocycles. The van der Waals surface area contributed by atoms with Crippen LogP contribution in [0.4, 0.5) is 5.69 Å². The minimum atomic E-state index is -0.600. The first-order valence-electron chi connectivity index (χ1n) is 8.56. The van der Waals surface area contributed by atoms with E-state index in [4.69, 9.17) is 4.74 Å². The molecule has 1 N–H and O–H groups in total. The van der Waals surface area contributed by atoms with Gasteiger partial charge in [-0.2, -0.15) is 0 Å². The zero-order chi connectivity index (χ0) is 18.4. The van der Waals surface area contributed by atoms with Crippen molar-refractivity contribution in [3.63, 3.8) is 0 Å². The Morgan fingerprint density at radius 3 is 2.38 bits per heavy atom. The van der Waals surface area contributed by atoms with Gasteiger partial charge < -0.3 is 4.74 Å². The highest BCUT2D eigenvalue weighted by molar-refractivity contribution is 7.97. The summed E-state index contributed by atoms with van der Waals surface area (Å²) in [5.74, 6) is -0.294. The van der Waals surface area contributed by atoms with Crippen LogP contribution in [0.25, 0.3) is 0 Å². The van der Waals surface area contributed by atoms with Gasteiger partial charge in [0.1, 0.15) is 12.1 Å². The standard InChI is InChI=1S/C19H20N2O4S/c22-19(25-16-8-4-5-9-16)18(14-6-2-1-3-7-14)20-26-17-12-10-15(11-13-17)21(23)24/h1-3,6-7,10-13,16,18,20H,4-5,8-9H2. The highest BCUT2D eigenvalue weighted by Crippen LogP contribution is 2.27. The molecule has 6 nitrogen and oxygen atoms in total. The molecular formula is C19H20N2O4S. The number of non-ortho nitro benzene ring substituents is 1. The number of hydrogen-bond acceptors (Lipinski definition) is 6. The molecule has 26 heavy (non-hydrogen) atoms. The smallest absolute Gasteiger partial charge is 0.328 e. The van der Waals surface area contributed by atoms with Gasteiger partial charge >= 0.3 is 5.97 Å². The highest BCUT2D eigenvalue weighted by atomic mass is 32.2. The number of rotatable bonds is 7. The molecule has 1 fully saturated rings. The zero-order valence-electron chi connectivity index (χ0n) is 14.2. The van der Waals surface area contributed by atoms with E-state index in [1.807, 2.05) is 30.3 Å². The number of nitro benzene ring substituents is 1. The Balaban J connectivity index is 1.68. The number of benzene rings is 2. The van der Waals surface area contributed by atoms with Gasteiger partial charge in [-0.1, -0.05) is 30.3 Å². The molecule has 1 unspecified atom stereocenters. The number of carbonyl (C=O) groups is 1. The lowest BCUT2D eigenvalue weighted by molar-refractivity contribution is -0.384. The van der Waals surface area contributed by atoms with Crippen molar-refractivity contribution < 1.29 is 14.5 Å². The summed E-state index contributed by atoms with van der Waals surface area (Å²) in [6, 6.07) is 15.0. The quantitative estimate of drug-likeness (QED) is 0.335. The van der Waals surface area contributed by atoms with E-state index in [1.165, 1.54) is 24.1 Å². The Hall–Kier alpha value is -2.38. The molecule has 2 aromatic carbocycles.